The second kappa shape index (κ2) is 19.4. The SMILES string of the molecule is CC1(C)O[C@H](CP(c2ccccc2)c2ccccc2)[C@@H](CP(c2ccccc2)c2ccccc2)O1.O=C([O-])C(F)(F)F.O=C([O-])C(F)(F)F.[Ru+2]. The Morgan fingerprint density at radius 1 is 0.560 bits per heavy atom. The molecular formula is C35H32F6O6P2Ru. The van der Waals surface area contributed by atoms with Crippen molar-refractivity contribution in [2.75, 3.05) is 12.3 Å². The summed E-state index contributed by atoms with van der Waals surface area (Å²) in [4.78, 5) is 17.6. The summed E-state index contributed by atoms with van der Waals surface area (Å²) in [6, 6.07) is 43.6. The fourth-order valence-electron chi connectivity index (χ4n) is 4.73. The van der Waals surface area contributed by atoms with Gasteiger partial charge in [-0.3, -0.25) is 0 Å². The van der Waals surface area contributed by atoms with Crippen LogP contribution in [0.25, 0.3) is 0 Å². The van der Waals surface area contributed by atoms with Crippen LogP contribution < -0.4 is 31.4 Å². The fourth-order valence-corrected chi connectivity index (χ4v) is 9.64. The summed E-state index contributed by atoms with van der Waals surface area (Å²) >= 11 is 0. The van der Waals surface area contributed by atoms with Crippen LogP contribution in [0.3, 0.4) is 0 Å². The number of ether oxygens (including phenoxy) is 2. The molecule has 0 spiro atoms. The first-order valence-corrected chi connectivity index (χ1v) is 17.7. The van der Waals surface area contributed by atoms with Gasteiger partial charge in [0.1, 0.15) is 11.9 Å². The van der Waals surface area contributed by atoms with Crippen LogP contribution in [0.2, 0.25) is 0 Å². The van der Waals surface area contributed by atoms with Crippen LogP contribution in [0.1, 0.15) is 13.8 Å². The Morgan fingerprint density at radius 3 is 0.940 bits per heavy atom. The molecule has 0 N–H and O–H groups in total. The quantitative estimate of drug-likeness (QED) is 0.149. The Bertz CT molecular complexity index is 1400. The van der Waals surface area contributed by atoms with Gasteiger partial charge in [0.15, 0.2) is 5.79 Å². The molecule has 268 valence electrons. The normalized spacial score (nSPS) is 16.7. The molecule has 0 aliphatic carbocycles. The summed E-state index contributed by atoms with van der Waals surface area (Å²) in [7, 11) is -1.12. The van der Waals surface area contributed by atoms with Crippen LogP contribution >= 0.6 is 15.8 Å². The van der Waals surface area contributed by atoms with Gasteiger partial charge in [0, 0.05) is 12.3 Å². The van der Waals surface area contributed by atoms with Crippen molar-refractivity contribution in [1.29, 1.82) is 0 Å². The number of alkyl halides is 6. The maximum atomic E-state index is 10.5. The minimum Gasteiger partial charge on any atom is -0.542 e. The predicted octanol–water partition coefficient (Wildman–Crippen LogP) is 4.37. The van der Waals surface area contributed by atoms with Gasteiger partial charge in [0.2, 0.25) is 0 Å². The molecule has 0 unspecified atom stereocenters. The molecule has 1 saturated heterocycles. The van der Waals surface area contributed by atoms with E-state index in [1.807, 2.05) is 0 Å². The number of carboxylic acids is 2. The third-order valence-electron chi connectivity index (χ3n) is 6.74. The number of carbonyl (C=O) groups excluding carboxylic acids is 2. The van der Waals surface area contributed by atoms with Crippen molar-refractivity contribution >= 4 is 49.0 Å². The van der Waals surface area contributed by atoms with Crippen LogP contribution in [-0.4, -0.2) is 54.6 Å². The number of aliphatic carboxylic acids is 2. The number of halogens is 6. The monoisotopic (exact) mass is 826 g/mol. The molecule has 1 aliphatic rings. The Hall–Kier alpha value is -3.20. The van der Waals surface area contributed by atoms with Crippen LogP contribution in [0, 0.1) is 0 Å². The largest absolute Gasteiger partial charge is 2.00 e. The van der Waals surface area contributed by atoms with Crippen molar-refractivity contribution in [3.05, 3.63) is 121 Å². The molecule has 0 saturated carbocycles. The minimum absolute atomic E-state index is 0. The van der Waals surface area contributed by atoms with E-state index in [-0.39, 0.29) is 31.7 Å². The van der Waals surface area contributed by atoms with Gasteiger partial charge in [-0.05, 0) is 50.9 Å². The predicted molar refractivity (Wildman–Crippen MR) is 174 cm³/mol. The van der Waals surface area contributed by atoms with Gasteiger partial charge in [-0.25, -0.2) is 0 Å². The van der Waals surface area contributed by atoms with E-state index >= 15 is 0 Å². The van der Waals surface area contributed by atoms with Crippen molar-refractivity contribution in [2.24, 2.45) is 0 Å². The molecule has 1 fully saturated rings. The number of carbonyl (C=O) groups is 2. The van der Waals surface area contributed by atoms with E-state index in [1.165, 1.54) is 21.2 Å². The topological polar surface area (TPSA) is 98.7 Å². The van der Waals surface area contributed by atoms with Crippen molar-refractivity contribution in [3.8, 4) is 0 Å². The second-order valence-corrected chi connectivity index (χ2v) is 15.4. The van der Waals surface area contributed by atoms with Crippen molar-refractivity contribution in [3.63, 3.8) is 0 Å². The molecule has 0 radical (unpaired) electrons. The van der Waals surface area contributed by atoms with Gasteiger partial charge in [-0.1, -0.05) is 121 Å². The Morgan fingerprint density at radius 2 is 0.760 bits per heavy atom. The maximum absolute atomic E-state index is 10.5. The third-order valence-corrected chi connectivity index (χ3v) is 11.9. The molecule has 5 rings (SSSR count). The molecule has 4 aromatic carbocycles. The van der Waals surface area contributed by atoms with Gasteiger partial charge in [0.05, 0.1) is 12.2 Å². The van der Waals surface area contributed by atoms with Crippen molar-refractivity contribution < 1.29 is 75.1 Å². The van der Waals surface area contributed by atoms with E-state index in [9.17, 15) is 26.3 Å². The summed E-state index contributed by atoms with van der Waals surface area (Å²) < 4.78 is 76.3. The average Bonchev–Trinajstić information content (AvgIpc) is 3.36. The van der Waals surface area contributed by atoms with E-state index in [1.54, 1.807) is 0 Å². The zero-order valence-electron chi connectivity index (χ0n) is 26.6. The van der Waals surface area contributed by atoms with Gasteiger partial charge < -0.3 is 29.3 Å². The number of rotatable bonds is 8. The van der Waals surface area contributed by atoms with Crippen LogP contribution in [0.5, 0.6) is 0 Å². The first-order valence-electron chi connectivity index (χ1n) is 14.6. The van der Waals surface area contributed by atoms with Crippen molar-refractivity contribution in [1.82, 2.24) is 0 Å². The summed E-state index contributed by atoms with van der Waals surface area (Å²) in [6.07, 6.45) is -8.42. The van der Waals surface area contributed by atoms with Crippen LogP contribution in [-0.2, 0) is 38.5 Å². The molecule has 50 heavy (non-hydrogen) atoms. The smallest absolute Gasteiger partial charge is 0.542 e. The molecule has 15 heteroatoms. The second-order valence-electron chi connectivity index (χ2n) is 10.8. The maximum Gasteiger partial charge on any atom is 2.00 e. The third kappa shape index (κ3) is 13.8. The number of carboxylic acid groups (broad SMARTS) is 2. The van der Waals surface area contributed by atoms with Crippen LogP contribution in [0.4, 0.5) is 26.3 Å². The van der Waals surface area contributed by atoms with E-state index < -0.39 is 45.9 Å². The standard InChI is InChI=1S/C31H32O2P2.2C2HF3O2.Ru/c1-31(2)32-29(23-34(25-15-7-3-8-16-25)26-17-9-4-10-18-26)30(33-31)24-35(27-19-11-5-12-20-27)28-21-13-6-14-22-28;2*3-2(4,5)1(6)7;/h3-22,29-30H,23-24H2,1-2H3;2*(H,6,7);/q;;;+2/p-2/t29-,30-;;;/m1.../s1. The minimum atomic E-state index is -5.19. The average molecular weight is 826 g/mol. The molecule has 6 nitrogen and oxygen atoms in total. The van der Waals surface area contributed by atoms with E-state index in [0.29, 0.717) is 0 Å². The Labute approximate surface area is 301 Å². The molecule has 4 aromatic rings. The van der Waals surface area contributed by atoms with Crippen LogP contribution in [0.15, 0.2) is 121 Å². The van der Waals surface area contributed by atoms with E-state index in [4.69, 9.17) is 29.3 Å². The zero-order chi connectivity index (χ0) is 36.2. The molecule has 0 amide bonds. The van der Waals surface area contributed by atoms with Gasteiger partial charge in [0.25, 0.3) is 0 Å². The Balaban J connectivity index is 0.000000489. The first-order chi connectivity index (χ1) is 23.0. The molecule has 1 aliphatic heterocycles. The van der Waals surface area contributed by atoms with Gasteiger partial charge >= 0.3 is 31.8 Å². The summed E-state index contributed by atoms with van der Waals surface area (Å²) in [5.41, 5.74) is 0. The summed E-state index contributed by atoms with van der Waals surface area (Å²) in [6.45, 7) is 4.11. The number of hydrogen-bond acceptors (Lipinski definition) is 6. The van der Waals surface area contributed by atoms with Gasteiger partial charge in [-0.15, -0.1) is 0 Å². The molecular weight excluding hydrogens is 793 g/mol. The van der Waals surface area contributed by atoms with Crippen molar-refractivity contribution in [2.45, 2.75) is 44.2 Å². The summed E-state index contributed by atoms with van der Waals surface area (Å²) in [5.74, 6) is -6.60. The summed E-state index contributed by atoms with van der Waals surface area (Å²) in [5, 5.41) is 23.1. The molecule has 0 aromatic heterocycles. The molecule has 1 heterocycles. The Kier molecular flexibility index (Phi) is 16.7. The first kappa shape index (κ1) is 43.0. The van der Waals surface area contributed by atoms with E-state index in [2.05, 4.69) is 135 Å². The number of hydrogen-bond donors (Lipinski definition) is 0. The van der Waals surface area contributed by atoms with E-state index in [0.717, 1.165) is 12.3 Å². The molecule has 0 bridgehead atoms. The molecule has 2 atom stereocenters. The van der Waals surface area contributed by atoms with Gasteiger partial charge in [-0.2, -0.15) is 26.3 Å². The number of benzene rings is 4. The zero-order valence-corrected chi connectivity index (χ0v) is 30.1. The fraction of sp³-hybridized carbons (Fsp3) is 0.257.